The molecule has 0 heterocycles. The van der Waals surface area contributed by atoms with Crippen molar-refractivity contribution in [3.8, 4) is 0 Å². The van der Waals surface area contributed by atoms with E-state index in [1.807, 2.05) is 43.4 Å². The van der Waals surface area contributed by atoms with Gasteiger partial charge in [-0.3, -0.25) is 4.79 Å². The Bertz CT molecular complexity index is 537. The predicted molar refractivity (Wildman–Crippen MR) is 75.7 cm³/mol. The number of rotatable bonds is 5. The fourth-order valence-corrected chi connectivity index (χ4v) is 1.92. The van der Waals surface area contributed by atoms with Crippen LogP contribution in [0.3, 0.4) is 0 Å². The van der Waals surface area contributed by atoms with Gasteiger partial charge in [0.2, 0.25) is 5.91 Å². The second-order valence-electron chi connectivity index (χ2n) is 4.32. The van der Waals surface area contributed by atoms with Crippen LogP contribution in [0.5, 0.6) is 0 Å². The van der Waals surface area contributed by atoms with Crippen molar-refractivity contribution in [3.05, 3.63) is 42.5 Å². The average molecular weight is 242 g/mol. The first-order valence-corrected chi connectivity index (χ1v) is 6.23. The van der Waals surface area contributed by atoms with Gasteiger partial charge in [0.05, 0.1) is 0 Å². The van der Waals surface area contributed by atoms with Crippen molar-refractivity contribution in [3.63, 3.8) is 0 Å². The van der Waals surface area contributed by atoms with Gasteiger partial charge < -0.3 is 10.6 Å². The molecule has 18 heavy (non-hydrogen) atoms. The van der Waals surface area contributed by atoms with E-state index < -0.39 is 0 Å². The van der Waals surface area contributed by atoms with Crippen LogP contribution in [-0.4, -0.2) is 19.5 Å². The quantitative estimate of drug-likeness (QED) is 0.792. The second kappa shape index (κ2) is 6.17. The lowest BCUT2D eigenvalue weighted by Gasteiger charge is -2.06. The summed E-state index contributed by atoms with van der Waals surface area (Å²) >= 11 is 0. The molecule has 0 radical (unpaired) electrons. The Labute approximate surface area is 107 Å². The van der Waals surface area contributed by atoms with Gasteiger partial charge in [-0.15, -0.1) is 0 Å². The zero-order valence-corrected chi connectivity index (χ0v) is 10.6. The highest BCUT2D eigenvalue weighted by Crippen LogP contribution is 2.18. The van der Waals surface area contributed by atoms with Crippen molar-refractivity contribution < 1.29 is 4.79 Å². The SMILES string of the molecule is CNCCCC(=O)Nc1ccc2ccccc2c1. The van der Waals surface area contributed by atoms with E-state index in [-0.39, 0.29) is 5.91 Å². The molecule has 2 aromatic carbocycles. The molecule has 2 rings (SSSR count). The molecule has 3 heteroatoms. The molecular weight excluding hydrogens is 224 g/mol. The number of carbonyl (C=O) groups is 1. The van der Waals surface area contributed by atoms with Gasteiger partial charge in [0.15, 0.2) is 0 Å². The molecule has 0 unspecified atom stereocenters. The molecule has 2 aromatic rings. The normalized spacial score (nSPS) is 10.5. The summed E-state index contributed by atoms with van der Waals surface area (Å²) in [6.45, 7) is 0.866. The number of nitrogens with one attached hydrogen (secondary N) is 2. The van der Waals surface area contributed by atoms with Crippen LogP contribution in [0.2, 0.25) is 0 Å². The third-order valence-electron chi connectivity index (χ3n) is 2.86. The summed E-state index contributed by atoms with van der Waals surface area (Å²) in [4.78, 5) is 11.7. The number of hydrogen-bond acceptors (Lipinski definition) is 2. The topological polar surface area (TPSA) is 41.1 Å². The molecule has 0 aliphatic carbocycles. The van der Waals surface area contributed by atoms with E-state index in [1.165, 1.54) is 5.39 Å². The van der Waals surface area contributed by atoms with E-state index >= 15 is 0 Å². The Morgan fingerprint density at radius 1 is 1.11 bits per heavy atom. The first kappa shape index (κ1) is 12.6. The van der Waals surface area contributed by atoms with Gasteiger partial charge >= 0.3 is 0 Å². The molecule has 2 N–H and O–H groups in total. The van der Waals surface area contributed by atoms with Crippen LogP contribution in [0.1, 0.15) is 12.8 Å². The van der Waals surface area contributed by atoms with Gasteiger partial charge in [-0.1, -0.05) is 30.3 Å². The van der Waals surface area contributed by atoms with Crippen LogP contribution in [0.4, 0.5) is 5.69 Å². The zero-order valence-electron chi connectivity index (χ0n) is 10.6. The molecule has 1 amide bonds. The summed E-state index contributed by atoms with van der Waals surface area (Å²) in [6.07, 6.45) is 1.41. The lowest BCUT2D eigenvalue weighted by atomic mass is 10.1. The lowest BCUT2D eigenvalue weighted by Crippen LogP contribution is -2.15. The number of hydrogen-bond donors (Lipinski definition) is 2. The minimum atomic E-state index is 0.0699. The molecule has 0 aliphatic rings. The van der Waals surface area contributed by atoms with E-state index in [0.717, 1.165) is 24.0 Å². The van der Waals surface area contributed by atoms with Crippen molar-refractivity contribution in [2.24, 2.45) is 0 Å². The number of amides is 1. The molecular formula is C15H18N2O. The summed E-state index contributed by atoms with van der Waals surface area (Å²) in [7, 11) is 1.89. The Balaban J connectivity index is 2.01. The fourth-order valence-electron chi connectivity index (χ4n) is 1.92. The van der Waals surface area contributed by atoms with Gasteiger partial charge in [-0.05, 0) is 42.9 Å². The monoisotopic (exact) mass is 242 g/mol. The van der Waals surface area contributed by atoms with Crippen LogP contribution < -0.4 is 10.6 Å². The predicted octanol–water partition coefficient (Wildman–Crippen LogP) is 2.78. The molecule has 0 aliphatic heterocycles. The van der Waals surface area contributed by atoms with Gasteiger partial charge in [0.1, 0.15) is 0 Å². The highest BCUT2D eigenvalue weighted by molar-refractivity contribution is 5.94. The molecule has 0 atom stereocenters. The maximum atomic E-state index is 11.7. The molecule has 0 saturated carbocycles. The van der Waals surface area contributed by atoms with Gasteiger partial charge in [0, 0.05) is 12.1 Å². The first-order valence-electron chi connectivity index (χ1n) is 6.23. The minimum absolute atomic E-state index is 0.0699. The molecule has 3 nitrogen and oxygen atoms in total. The van der Waals surface area contributed by atoms with Crippen molar-refractivity contribution >= 4 is 22.4 Å². The smallest absolute Gasteiger partial charge is 0.224 e. The standard InChI is InChI=1S/C15H18N2O/c1-16-10-4-7-15(18)17-14-9-8-12-5-2-3-6-13(12)11-14/h2-3,5-6,8-9,11,16H,4,7,10H2,1H3,(H,17,18). The third-order valence-corrected chi connectivity index (χ3v) is 2.86. The minimum Gasteiger partial charge on any atom is -0.326 e. The Hall–Kier alpha value is -1.87. The van der Waals surface area contributed by atoms with E-state index in [2.05, 4.69) is 16.7 Å². The number of benzene rings is 2. The average Bonchev–Trinajstić information content (AvgIpc) is 2.39. The van der Waals surface area contributed by atoms with E-state index in [9.17, 15) is 4.79 Å². The number of fused-ring (bicyclic) bond motifs is 1. The van der Waals surface area contributed by atoms with Crippen LogP contribution in [-0.2, 0) is 4.79 Å². The van der Waals surface area contributed by atoms with Crippen LogP contribution >= 0.6 is 0 Å². The molecule has 0 saturated heterocycles. The summed E-state index contributed by atoms with van der Waals surface area (Å²) in [5.74, 6) is 0.0699. The lowest BCUT2D eigenvalue weighted by molar-refractivity contribution is -0.116. The van der Waals surface area contributed by atoms with E-state index in [4.69, 9.17) is 0 Å². The van der Waals surface area contributed by atoms with Crippen molar-refractivity contribution in [1.29, 1.82) is 0 Å². The highest BCUT2D eigenvalue weighted by atomic mass is 16.1. The fraction of sp³-hybridized carbons (Fsp3) is 0.267. The van der Waals surface area contributed by atoms with Crippen molar-refractivity contribution in [2.75, 3.05) is 18.9 Å². The van der Waals surface area contributed by atoms with Crippen LogP contribution in [0.25, 0.3) is 10.8 Å². The summed E-state index contributed by atoms with van der Waals surface area (Å²) in [5.41, 5.74) is 0.864. The van der Waals surface area contributed by atoms with Crippen LogP contribution in [0.15, 0.2) is 42.5 Å². The second-order valence-corrected chi connectivity index (χ2v) is 4.32. The first-order chi connectivity index (χ1) is 8.79. The maximum absolute atomic E-state index is 11.7. The third kappa shape index (κ3) is 3.31. The van der Waals surface area contributed by atoms with Crippen molar-refractivity contribution in [1.82, 2.24) is 5.32 Å². The molecule has 0 bridgehead atoms. The number of anilines is 1. The van der Waals surface area contributed by atoms with E-state index in [1.54, 1.807) is 0 Å². The zero-order chi connectivity index (χ0) is 12.8. The van der Waals surface area contributed by atoms with Gasteiger partial charge in [-0.2, -0.15) is 0 Å². The van der Waals surface area contributed by atoms with Crippen molar-refractivity contribution in [2.45, 2.75) is 12.8 Å². The van der Waals surface area contributed by atoms with E-state index in [0.29, 0.717) is 6.42 Å². The van der Waals surface area contributed by atoms with Gasteiger partial charge in [-0.25, -0.2) is 0 Å². The largest absolute Gasteiger partial charge is 0.326 e. The molecule has 0 fully saturated rings. The Morgan fingerprint density at radius 2 is 1.89 bits per heavy atom. The molecule has 0 aromatic heterocycles. The summed E-state index contributed by atoms with van der Waals surface area (Å²) in [6, 6.07) is 14.1. The molecule has 94 valence electrons. The highest BCUT2D eigenvalue weighted by Gasteiger charge is 2.02. The molecule has 0 spiro atoms. The summed E-state index contributed by atoms with van der Waals surface area (Å²) in [5, 5.41) is 8.29. The Morgan fingerprint density at radius 3 is 2.67 bits per heavy atom. The summed E-state index contributed by atoms with van der Waals surface area (Å²) < 4.78 is 0. The Kier molecular flexibility index (Phi) is 4.31. The van der Waals surface area contributed by atoms with Gasteiger partial charge in [0.25, 0.3) is 0 Å². The maximum Gasteiger partial charge on any atom is 0.224 e. The van der Waals surface area contributed by atoms with Crippen LogP contribution in [0, 0.1) is 0 Å². The number of carbonyl (C=O) groups excluding carboxylic acids is 1.